The standard InChI is InChI=1S/C17H10Cl2O4/c1-9-14(23-17(21)10-4-2-3-5-12(10)18)7-6-11-15(20)13(19)8-22-16(9)11/h2-8H,1H3. The second-order valence-corrected chi connectivity index (χ2v) is 5.66. The van der Waals surface area contributed by atoms with Gasteiger partial charge in [-0.15, -0.1) is 0 Å². The number of esters is 1. The van der Waals surface area contributed by atoms with Gasteiger partial charge in [-0.25, -0.2) is 4.79 Å². The number of hydrogen-bond acceptors (Lipinski definition) is 4. The van der Waals surface area contributed by atoms with Gasteiger partial charge in [0.15, 0.2) is 0 Å². The van der Waals surface area contributed by atoms with Crippen LogP contribution in [0.1, 0.15) is 15.9 Å². The monoisotopic (exact) mass is 348 g/mol. The number of halogens is 2. The molecule has 2 aromatic carbocycles. The normalized spacial score (nSPS) is 10.7. The summed E-state index contributed by atoms with van der Waals surface area (Å²) in [5, 5.41) is 0.625. The van der Waals surface area contributed by atoms with Crippen LogP contribution in [0.4, 0.5) is 0 Å². The first-order chi connectivity index (χ1) is 11.0. The predicted molar refractivity (Wildman–Crippen MR) is 88.6 cm³/mol. The third kappa shape index (κ3) is 2.83. The third-order valence-electron chi connectivity index (χ3n) is 3.39. The van der Waals surface area contributed by atoms with Crippen LogP contribution in [0.2, 0.25) is 10.0 Å². The molecule has 116 valence electrons. The average molecular weight is 349 g/mol. The van der Waals surface area contributed by atoms with Gasteiger partial charge in [-0.3, -0.25) is 4.79 Å². The Morgan fingerprint density at radius 2 is 1.83 bits per heavy atom. The quantitative estimate of drug-likeness (QED) is 0.500. The van der Waals surface area contributed by atoms with Gasteiger partial charge in [-0.2, -0.15) is 0 Å². The second kappa shape index (κ2) is 6.07. The van der Waals surface area contributed by atoms with E-state index in [9.17, 15) is 9.59 Å². The highest BCUT2D eigenvalue weighted by Crippen LogP contribution is 2.28. The molecule has 0 unspecified atom stereocenters. The molecule has 0 saturated heterocycles. The van der Waals surface area contributed by atoms with E-state index in [1.54, 1.807) is 31.2 Å². The lowest BCUT2D eigenvalue weighted by atomic mass is 10.1. The molecule has 1 heterocycles. The van der Waals surface area contributed by atoms with Crippen molar-refractivity contribution in [3.63, 3.8) is 0 Å². The predicted octanol–water partition coefficient (Wildman–Crippen LogP) is 4.63. The summed E-state index contributed by atoms with van der Waals surface area (Å²) in [5.41, 5.74) is 0.770. The molecule has 0 fully saturated rings. The summed E-state index contributed by atoms with van der Waals surface area (Å²) in [5.74, 6) is -0.303. The molecule has 0 N–H and O–H groups in total. The minimum atomic E-state index is -0.589. The number of aryl methyl sites for hydroxylation is 1. The van der Waals surface area contributed by atoms with Gasteiger partial charge in [0.05, 0.1) is 16.0 Å². The molecule has 0 atom stereocenters. The van der Waals surface area contributed by atoms with Crippen LogP contribution in [0, 0.1) is 6.92 Å². The smallest absolute Gasteiger partial charge is 0.345 e. The number of fused-ring (bicyclic) bond motifs is 1. The van der Waals surface area contributed by atoms with Crippen molar-refractivity contribution >= 4 is 40.1 Å². The van der Waals surface area contributed by atoms with Crippen molar-refractivity contribution in [2.24, 2.45) is 0 Å². The van der Waals surface area contributed by atoms with Gasteiger partial charge >= 0.3 is 5.97 Å². The Hall–Kier alpha value is -2.30. The molecule has 0 saturated carbocycles. The van der Waals surface area contributed by atoms with Crippen LogP contribution < -0.4 is 10.2 Å². The number of rotatable bonds is 2. The van der Waals surface area contributed by atoms with Crippen LogP contribution in [0.25, 0.3) is 11.0 Å². The molecular weight excluding hydrogens is 339 g/mol. The Balaban J connectivity index is 2.03. The minimum absolute atomic E-state index is 0.00212. The van der Waals surface area contributed by atoms with E-state index in [0.717, 1.165) is 0 Å². The van der Waals surface area contributed by atoms with Crippen LogP contribution in [-0.2, 0) is 0 Å². The molecule has 3 aromatic rings. The van der Waals surface area contributed by atoms with E-state index in [1.165, 1.54) is 18.4 Å². The van der Waals surface area contributed by atoms with Crippen LogP contribution in [0.15, 0.2) is 51.9 Å². The fourth-order valence-electron chi connectivity index (χ4n) is 2.19. The maximum absolute atomic E-state index is 12.2. The van der Waals surface area contributed by atoms with Crippen LogP contribution in [-0.4, -0.2) is 5.97 Å². The molecule has 0 aliphatic rings. The van der Waals surface area contributed by atoms with E-state index in [-0.39, 0.29) is 21.8 Å². The zero-order chi connectivity index (χ0) is 16.6. The van der Waals surface area contributed by atoms with Gasteiger partial charge < -0.3 is 9.15 Å². The number of ether oxygens (including phenoxy) is 1. The number of hydrogen-bond donors (Lipinski definition) is 0. The van der Waals surface area contributed by atoms with Crippen LogP contribution >= 0.6 is 23.2 Å². The lowest BCUT2D eigenvalue weighted by Gasteiger charge is -2.10. The Labute approximate surface area is 141 Å². The highest BCUT2D eigenvalue weighted by Gasteiger charge is 2.16. The SMILES string of the molecule is Cc1c(OC(=O)c2ccccc2Cl)ccc2c(=O)c(Cl)coc12. The lowest BCUT2D eigenvalue weighted by Crippen LogP contribution is -2.10. The lowest BCUT2D eigenvalue weighted by molar-refractivity contribution is 0.0734. The van der Waals surface area contributed by atoms with Gasteiger partial charge in [0.2, 0.25) is 5.43 Å². The summed E-state index contributed by atoms with van der Waals surface area (Å²) in [7, 11) is 0. The fraction of sp³-hybridized carbons (Fsp3) is 0.0588. The van der Waals surface area contributed by atoms with Gasteiger partial charge in [0.1, 0.15) is 22.6 Å². The molecule has 1 aromatic heterocycles. The molecular formula is C17H10Cl2O4. The number of carbonyl (C=O) groups is 1. The molecule has 0 spiro atoms. The van der Waals surface area contributed by atoms with Crippen molar-refractivity contribution in [1.82, 2.24) is 0 Å². The van der Waals surface area contributed by atoms with E-state index < -0.39 is 5.97 Å². The Kier molecular flexibility index (Phi) is 4.11. The maximum Gasteiger partial charge on any atom is 0.345 e. The van der Waals surface area contributed by atoms with Crippen molar-refractivity contribution in [3.05, 3.63) is 74.1 Å². The zero-order valence-corrected chi connectivity index (χ0v) is 13.4. The van der Waals surface area contributed by atoms with Crippen molar-refractivity contribution < 1.29 is 13.9 Å². The topological polar surface area (TPSA) is 56.5 Å². The summed E-state index contributed by atoms with van der Waals surface area (Å²) in [6, 6.07) is 9.62. The van der Waals surface area contributed by atoms with E-state index >= 15 is 0 Å². The summed E-state index contributed by atoms with van der Waals surface area (Å²) in [6.45, 7) is 1.69. The largest absolute Gasteiger partial charge is 0.462 e. The molecule has 0 bridgehead atoms. The maximum atomic E-state index is 12.2. The number of carbonyl (C=O) groups excluding carboxylic acids is 1. The molecule has 0 aliphatic carbocycles. The molecule has 0 radical (unpaired) electrons. The van der Waals surface area contributed by atoms with Gasteiger partial charge in [0.25, 0.3) is 0 Å². The van der Waals surface area contributed by atoms with Crippen LogP contribution in [0.3, 0.4) is 0 Å². The molecule has 6 heteroatoms. The van der Waals surface area contributed by atoms with E-state index in [0.29, 0.717) is 21.6 Å². The molecule has 23 heavy (non-hydrogen) atoms. The molecule has 0 amide bonds. The summed E-state index contributed by atoms with van der Waals surface area (Å²) < 4.78 is 10.7. The van der Waals surface area contributed by atoms with E-state index in [2.05, 4.69) is 0 Å². The van der Waals surface area contributed by atoms with Crippen molar-refractivity contribution in [2.75, 3.05) is 0 Å². The highest BCUT2D eigenvalue weighted by atomic mass is 35.5. The highest BCUT2D eigenvalue weighted by molar-refractivity contribution is 6.33. The molecule has 4 nitrogen and oxygen atoms in total. The summed E-state index contributed by atoms with van der Waals surface area (Å²) in [4.78, 5) is 24.2. The van der Waals surface area contributed by atoms with Crippen molar-refractivity contribution in [1.29, 1.82) is 0 Å². The zero-order valence-electron chi connectivity index (χ0n) is 11.9. The van der Waals surface area contributed by atoms with E-state index in [4.69, 9.17) is 32.4 Å². The number of benzene rings is 2. The van der Waals surface area contributed by atoms with Gasteiger partial charge in [-0.05, 0) is 31.2 Å². The molecule has 0 aliphatic heterocycles. The minimum Gasteiger partial charge on any atom is -0.462 e. The second-order valence-electron chi connectivity index (χ2n) is 4.85. The summed E-state index contributed by atoms with van der Waals surface area (Å²) >= 11 is 11.7. The Morgan fingerprint density at radius 3 is 2.57 bits per heavy atom. The van der Waals surface area contributed by atoms with Gasteiger partial charge in [0, 0.05) is 5.56 Å². The Bertz CT molecular complexity index is 976. The first-order valence-electron chi connectivity index (χ1n) is 6.66. The molecule has 3 rings (SSSR count). The van der Waals surface area contributed by atoms with Crippen molar-refractivity contribution in [3.8, 4) is 5.75 Å². The average Bonchev–Trinajstić information content (AvgIpc) is 2.54. The van der Waals surface area contributed by atoms with Crippen molar-refractivity contribution in [2.45, 2.75) is 6.92 Å². The van der Waals surface area contributed by atoms with Gasteiger partial charge in [-0.1, -0.05) is 35.3 Å². The first-order valence-corrected chi connectivity index (χ1v) is 7.42. The Morgan fingerprint density at radius 1 is 1.09 bits per heavy atom. The summed E-state index contributed by atoms with van der Waals surface area (Å²) in [6.07, 6.45) is 1.17. The third-order valence-corrected chi connectivity index (χ3v) is 3.98. The fourth-order valence-corrected chi connectivity index (χ4v) is 2.55. The van der Waals surface area contributed by atoms with Crippen LogP contribution in [0.5, 0.6) is 5.75 Å². The first kappa shape index (κ1) is 15.6. The van der Waals surface area contributed by atoms with E-state index in [1.807, 2.05) is 0 Å².